The molecule has 1 saturated heterocycles. The number of methoxy groups -OCH3 is 2. The van der Waals surface area contributed by atoms with Crippen molar-refractivity contribution in [3.8, 4) is 11.5 Å². The van der Waals surface area contributed by atoms with E-state index in [0.717, 1.165) is 5.56 Å². The lowest BCUT2D eigenvalue weighted by atomic mass is 10.1. The van der Waals surface area contributed by atoms with Crippen molar-refractivity contribution >= 4 is 5.91 Å². The van der Waals surface area contributed by atoms with Crippen molar-refractivity contribution in [1.29, 1.82) is 0 Å². The van der Waals surface area contributed by atoms with Crippen LogP contribution in [0.4, 0.5) is 0 Å². The van der Waals surface area contributed by atoms with Gasteiger partial charge >= 0.3 is 0 Å². The normalized spacial score (nSPS) is 18.8. The van der Waals surface area contributed by atoms with E-state index in [1.807, 2.05) is 30.0 Å². The number of hydrogen-bond acceptors (Lipinski definition) is 6. The first-order chi connectivity index (χ1) is 11.5. The first-order valence-electron chi connectivity index (χ1n) is 7.85. The van der Waals surface area contributed by atoms with Crippen molar-refractivity contribution in [2.45, 2.75) is 32.2 Å². The van der Waals surface area contributed by atoms with E-state index in [2.05, 4.69) is 10.1 Å². The van der Waals surface area contributed by atoms with Crippen molar-refractivity contribution in [3.05, 3.63) is 35.5 Å². The van der Waals surface area contributed by atoms with Gasteiger partial charge in [0, 0.05) is 13.0 Å². The summed E-state index contributed by atoms with van der Waals surface area (Å²) in [5.41, 5.74) is 0.989. The van der Waals surface area contributed by atoms with E-state index >= 15 is 0 Å². The number of ether oxygens (including phenoxy) is 2. The Morgan fingerprint density at radius 1 is 1.29 bits per heavy atom. The smallest absolute Gasteiger partial charge is 0.232 e. The molecule has 7 heteroatoms. The summed E-state index contributed by atoms with van der Waals surface area (Å²) in [6, 6.07) is 5.63. The molecular formula is C17H21N3O4. The number of nitrogens with zero attached hydrogens (tertiary/aromatic N) is 3. The average Bonchev–Trinajstić information content (AvgIpc) is 3.19. The van der Waals surface area contributed by atoms with Gasteiger partial charge in [0.15, 0.2) is 17.3 Å². The number of aryl methyl sites for hydroxylation is 1. The maximum atomic E-state index is 12.4. The predicted molar refractivity (Wildman–Crippen MR) is 86.1 cm³/mol. The van der Waals surface area contributed by atoms with Crippen molar-refractivity contribution < 1.29 is 18.8 Å². The molecule has 1 aromatic heterocycles. The molecule has 1 fully saturated rings. The third kappa shape index (κ3) is 2.93. The maximum absolute atomic E-state index is 12.4. The van der Waals surface area contributed by atoms with Crippen LogP contribution in [0.2, 0.25) is 0 Å². The molecule has 128 valence electrons. The molecule has 24 heavy (non-hydrogen) atoms. The number of carbonyl (C=O) groups is 1. The third-order valence-corrected chi connectivity index (χ3v) is 4.41. The molecule has 2 atom stereocenters. The summed E-state index contributed by atoms with van der Waals surface area (Å²) in [6.45, 7) is 4.34. The number of rotatable bonds is 5. The minimum absolute atomic E-state index is 0.0544. The van der Waals surface area contributed by atoms with Gasteiger partial charge in [-0.15, -0.1) is 0 Å². The van der Waals surface area contributed by atoms with Gasteiger partial charge in [-0.1, -0.05) is 11.2 Å². The van der Waals surface area contributed by atoms with E-state index in [0.29, 0.717) is 36.2 Å². The molecule has 0 radical (unpaired) electrons. The fourth-order valence-corrected chi connectivity index (χ4v) is 3.04. The van der Waals surface area contributed by atoms with Gasteiger partial charge in [-0.25, -0.2) is 0 Å². The zero-order valence-corrected chi connectivity index (χ0v) is 14.3. The van der Waals surface area contributed by atoms with Crippen LogP contribution >= 0.6 is 0 Å². The number of likely N-dealkylation sites (tertiary alicyclic amines) is 1. The number of amides is 1. The Hall–Kier alpha value is -2.57. The minimum Gasteiger partial charge on any atom is -0.493 e. The van der Waals surface area contributed by atoms with Crippen LogP contribution in [0.5, 0.6) is 11.5 Å². The Morgan fingerprint density at radius 2 is 2.04 bits per heavy atom. The molecule has 0 N–H and O–H groups in total. The molecule has 3 rings (SSSR count). The molecule has 0 bridgehead atoms. The second-order valence-corrected chi connectivity index (χ2v) is 5.92. The second kappa shape index (κ2) is 6.51. The van der Waals surface area contributed by atoms with Crippen molar-refractivity contribution in [1.82, 2.24) is 15.0 Å². The van der Waals surface area contributed by atoms with Gasteiger partial charge in [-0.05, 0) is 31.5 Å². The molecule has 1 amide bonds. The summed E-state index contributed by atoms with van der Waals surface area (Å²) in [7, 11) is 3.20. The quantitative estimate of drug-likeness (QED) is 0.837. The van der Waals surface area contributed by atoms with Gasteiger partial charge in [-0.2, -0.15) is 4.98 Å². The highest BCUT2D eigenvalue weighted by atomic mass is 16.5. The van der Waals surface area contributed by atoms with Crippen LogP contribution in [-0.2, 0) is 4.79 Å². The molecular weight excluding hydrogens is 310 g/mol. The fourth-order valence-electron chi connectivity index (χ4n) is 3.04. The van der Waals surface area contributed by atoms with Gasteiger partial charge in [0.25, 0.3) is 0 Å². The highest BCUT2D eigenvalue weighted by molar-refractivity contribution is 5.80. The van der Waals surface area contributed by atoms with Crippen LogP contribution in [0, 0.1) is 6.92 Å². The number of aromatic nitrogens is 2. The van der Waals surface area contributed by atoms with E-state index in [9.17, 15) is 4.79 Å². The first kappa shape index (κ1) is 16.3. The van der Waals surface area contributed by atoms with E-state index in [1.165, 1.54) is 0 Å². The van der Waals surface area contributed by atoms with Crippen LogP contribution in [0.25, 0.3) is 0 Å². The molecule has 1 aliphatic rings. The summed E-state index contributed by atoms with van der Waals surface area (Å²) in [6.07, 6.45) is 0.388. The van der Waals surface area contributed by atoms with Crippen LogP contribution in [0.15, 0.2) is 22.7 Å². The highest BCUT2D eigenvalue weighted by Gasteiger charge is 2.37. The van der Waals surface area contributed by atoms with Gasteiger partial charge in [-0.3, -0.25) is 4.79 Å². The molecule has 0 spiro atoms. The van der Waals surface area contributed by atoms with E-state index in [1.54, 1.807) is 21.1 Å². The van der Waals surface area contributed by atoms with Crippen LogP contribution < -0.4 is 9.47 Å². The summed E-state index contributed by atoms with van der Waals surface area (Å²) in [4.78, 5) is 18.5. The first-order valence-corrected chi connectivity index (χ1v) is 7.85. The topological polar surface area (TPSA) is 77.7 Å². The number of hydrogen-bond donors (Lipinski definition) is 0. The molecule has 1 aliphatic heterocycles. The van der Waals surface area contributed by atoms with E-state index < -0.39 is 0 Å². The Kier molecular flexibility index (Phi) is 4.42. The lowest BCUT2D eigenvalue weighted by molar-refractivity contribution is -0.129. The third-order valence-electron chi connectivity index (χ3n) is 4.41. The van der Waals surface area contributed by atoms with Gasteiger partial charge in [0.05, 0.1) is 26.2 Å². The van der Waals surface area contributed by atoms with Gasteiger partial charge in [0.1, 0.15) is 0 Å². The summed E-state index contributed by atoms with van der Waals surface area (Å²) >= 11 is 0. The lowest BCUT2D eigenvalue weighted by Crippen LogP contribution is -2.28. The molecule has 0 aliphatic carbocycles. The predicted octanol–water partition coefficient (Wildman–Crippen LogP) is 2.47. The molecule has 1 aromatic carbocycles. The SMILES string of the molecule is COc1ccc(C(C)N2CC(c3nc(C)no3)CC2=O)cc1OC. The van der Waals surface area contributed by atoms with Crippen molar-refractivity contribution in [2.24, 2.45) is 0 Å². The largest absolute Gasteiger partial charge is 0.493 e. The van der Waals surface area contributed by atoms with Crippen molar-refractivity contribution in [3.63, 3.8) is 0 Å². The Balaban J connectivity index is 1.80. The lowest BCUT2D eigenvalue weighted by Gasteiger charge is -2.25. The molecule has 2 unspecified atom stereocenters. The minimum atomic E-state index is -0.0775. The number of benzene rings is 1. The van der Waals surface area contributed by atoms with Gasteiger partial charge in [0.2, 0.25) is 11.8 Å². The monoisotopic (exact) mass is 331 g/mol. The summed E-state index contributed by atoms with van der Waals surface area (Å²) in [5, 5.41) is 3.81. The molecule has 7 nitrogen and oxygen atoms in total. The Labute approximate surface area is 140 Å². The molecule has 2 aromatic rings. The molecule has 0 saturated carbocycles. The molecule has 2 heterocycles. The standard InChI is InChI=1S/C17H21N3O4/c1-10(12-5-6-14(22-3)15(7-12)23-4)20-9-13(8-16(20)21)17-18-11(2)19-24-17/h5-7,10,13H,8-9H2,1-4H3. The zero-order valence-electron chi connectivity index (χ0n) is 14.3. The second-order valence-electron chi connectivity index (χ2n) is 5.92. The van der Waals surface area contributed by atoms with Crippen LogP contribution in [-0.4, -0.2) is 41.7 Å². The summed E-state index contributed by atoms with van der Waals surface area (Å²) in [5.74, 6) is 2.46. The van der Waals surface area contributed by atoms with Crippen LogP contribution in [0.1, 0.15) is 42.6 Å². The van der Waals surface area contributed by atoms with E-state index in [4.69, 9.17) is 14.0 Å². The Bertz CT molecular complexity index is 743. The number of carbonyl (C=O) groups excluding carboxylic acids is 1. The van der Waals surface area contributed by atoms with Crippen LogP contribution in [0.3, 0.4) is 0 Å². The van der Waals surface area contributed by atoms with E-state index in [-0.39, 0.29) is 17.9 Å². The fraction of sp³-hybridized carbons (Fsp3) is 0.471. The Morgan fingerprint density at radius 3 is 2.67 bits per heavy atom. The highest BCUT2D eigenvalue weighted by Crippen LogP contribution is 2.36. The van der Waals surface area contributed by atoms with Gasteiger partial charge < -0.3 is 18.9 Å². The zero-order chi connectivity index (χ0) is 17.3. The summed E-state index contributed by atoms with van der Waals surface area (Å²) < 4.78 is 15.8. The van der Waals surface area contributed by atoms with Crippen molar-refractivity contribution in [2.75, 3.05) is 20.8 Å². The average molecular weight is 331 g/mol. The maximum Gasteiger partial charge on any atom is 0.232 e.